The van der Waals surface area contributed by atoms with Gasteiger partial charge in [0.2, 0.25) is 5.91 Å². The van der Waals surface area contributed by atoms with Crippen molar-refractivity contribution in [2.75, 3.05) is 26.2 Å². The van der Waals surface area contributed by atoms with E-state index in [0.717, 1.165) is 13.0 Å². The number of alkyl halides is 3. The predicted octanol–water partition coefficient (Wildman–Crippen LogP) is 0.669. The number of amides is 1. The van der Waals surface area contributed by atoms with Crippen LogP contribution in [-0.4, -0.2) is 57.9 Å². The smallest absolute Gasteiger partial charge is 0.347 e. The molecular weight excluding hydrogens is 287 g/mol. The Morgan fingerprint density at radius 2 is 2.19 bits per heavy atom. The largest absolute Gasteiger partial charge is 0.405 e. The van der Waals surface area contributed by atoms with Crippen molar-refractivity contribution in [1.82, 2.24) is 25.0 Å². The van der Waals surface area contributed by atoms with Crippen LogP contribution in [0.4, 0.5) is 13.2 Å². The van der Waals surface area contributed by atoms with Gasteiger partial charge < -0.3 is 10.2 Å². The molecule has 0 unspecified atom stereocenters. The van der Waals surface area contributed by atoms with Crippen molar-refractivity contribution < 1.29 is 18.0 Å². The summed E-state index contributed by atoms with van der Waals surface area (Å²) >= 11 is 0. The van der Waals surface area contributed by atoms with Gasteiger partial charge in [0, 0.05) is 13.1 Å². The summed E-state index contributed by atoms with van der Waals surface area (Å²) in [5, 5.41) is 5.95. The lowest BCUT2D eigenvalue weighted by atomic mass is 9.97. The molecule has 1 saturated heterocycles. The minimum absolute atomic E-state index is 0.378. The van der Waals surface area contributed by atoms with E-state index in [-0.39, 0.29) is 5.92 Å². The van der Waals surface area contributed by atoms with Gasteiger partial charge in [-0.25, -0.2) is 4.98 Å². The second-order valence-electron chi connectivity index (χ2n) is 5.13. The highest BCUT2D eigenvalue weighted by molar-refractivity contribution is 5.79. The van der Waals surface area contributed by atoms with Crippen LogP contribution in [0.1, 0.15) is 12.8 Å². The second kappa shape index (κ2) is 6.88. The average molecular weight is 305 g/mol. The highest BCUT2D eigenvalue weighted by atomic mass is 19.4. The maximum absolute atomic E-state index is 12.1. The maximum atomic E-state index is 12.1. The van der Waals surface area contributed by atoms with Gasteiger partial charge >= 0.3 is 6.18 Å². The van der Waals surface area contributed by atoms with Gasteiger partial charge in [0.15, 0.2) is 0 Å². The zero-order chi connectivity index (χ0) is 15.3. The summed E-state index contributed by atoms with van der Waals surface area (Å²) in [4.78, 5) is 17.7. The molecule has 1 N–H and O–H groups in total. The Bertz CT molecular complexity index is 448. The third-order valence-electron chi connectivity index (χ3n) is 3.45. The number of nitrogens with one attached hydrogen (secondary N) is 1. The van der Waals surface area contributed by atoms with E-state index in [2.05, 4.69) is 15.0 Å². The van der Waals surface area contributed by atoms with Gasteiger partial charge in [0.25, 0.3) is 0 Å². The van der Waals surface area contributed by atoms with Crippen LogP contribution in [0.3, 0.4) is 0 Å². The summed E-state index contributed by atoms with van der Waals surface area (Å²) in [5.41, 5.74) is 0. The topological polar surface area (TPSA) is 63.1 Å². The Hall–Kier alpha value is -1.64. The number of piperidine rings is 1. The van der Waals surface area contributed by atoms with Crippen LogP contribution >= 0.6 is 0 Å². The van der Waals surface area contributed by atoms with E-state index in [1.807, 2.05) is 5.32 Å². The summed E-state index contributed by atoms with van der Waals surface area (Å²) in [7, 11) is 0. The Kier molecular flexibility index (Phi) is 5.16. The first kappa shape index (κ1) is 15.7. The zero-order valence-corrected chi connectivity index (χ0v) is 11.5. The van der Waals surface area contributed by atoms with Gasteiger partial charge in [-0.15, -0.1) is 0 Å². The molecule has 1 aliphatic rings. The number of nitrogens with zero attached hydrogens (tertiary/aromatic N) is 4. The molecule has 0 aromatic carbocycles. The third-order valence-corrected chi connectivity index (χ3v) is 3.45. The van der Waals surface area contributed by atoms with Crippen LogP contribution in [0.25, 0.3) is 0 Å². The molecule has 0 radical (unpaired) electrons. The van der Waals surface area contributed by atoms with Crippen molar-refractivity contribution in [3.8, 4) is 0 Å². The summed E-state index contributed by atoms with van der Waals surface area (Å²) in [5.74, 6) is -0.894. The van der Waals surface area contributed by atoms with E-state index in [4.69, 9.17) is 0 Å². The second-order valence-corrected chi connectivity index (χ2v) is 5.13. The number of halogens is 3. The van der Waals surface area contributed by atoms with Crippen molar-refractivity contribution in [3.05, 3.63) is 12.7 Å². The van der Waals surface area contributed by atoms with E-state index in [1.165, 1.54) is 6.33 Å². The molecule has 0 bridgehead atoms. The molecule has 2 rings (SSSR count). The quantitative estimate of drug-likeness (QED) is 0.868. The predicted molar refractivity (Wildman–Crippen MR) is 68.3 cm³/mol. The first-order valence-corrected chi connectivity index (χ1v) is 6.83. The van der Waals surface area contributed by atoms with Gasteiger partial charge in [-0.2, -0.15) is 18.3 Å². The lowest BCUT2D eigenvalue weighted by Crippen LogP contribution is -2.45. The summed E-state index contributed by atoms with van der Waals surface area (Å²) < 4.78 is 38.0. The molecule has 0 saturated carbocycles. The molecule has 6 nitrogen and oxygen atoms in total. The zero-order valence-electron chi connectivity index (χ0n) is 11.5. The van der Waals surface area contributed by atoms with Crippen LogP contribution in [0.15, 0.2) is 12.7 Å². The number of carbonyl (C=O) groups is 1. The molecule has 2 heterocycles. The van der Waals surface area contributed by atoms with Gasteiger partial charge in [-0.3, -0.25) is 9.48 Å². The summed E-state index contributed by atoms with van der Waals surface area (Å²) in [6, 6.07) is 0. The lowest BCUT2D eigenvalue weighted by molar-refractivity contribution is -0.141. The minimum atomic E-state index is -4.36. The fourth-order valence-electron chi connectivity index (χ4n) is 2.40. The normalized spacial score (nSPS) is 20.4. The van der Waals surface area contributed by atoms with Gasteiger partial charge in [-0.1, -0.05) is 0 Å². The molecule has 1 atom stereocenters. The molecule has 9 heteroatoms. The van der Waals surface area contributed by atoms with Gasteiger partial charge in [0.1, 0.15) is 19.2 Å². The fraction of sp³-hybridized carbons (Fsp3) is 0.750. The Balaban J connectivity index is 1.76. The standard InChI is InChI=1S/C12H18F3N5O/c13-12(14,15)7-17-11(21)10-2-1-3-19(6-10)4-5-20-9-16-8-18-20/h8-10H,1-7H2,(H,17,21)/t10-/m0/s1. The monoisotopic (exact) mass is 305 g/mol. The first-order valence-electron chi connectivity index (χ1n) is 6.83. The summed E-state index contributed by atoms with van der Waals surface area (Å²) in [6.07, 6.45) is 0.128. The molecule has 1 amide bonds. The fourth-order valence-corrected chi connectivity index (χ4v) is 2.40. The van der Waals surface area contributed by atoms with E-state index in [1.54, 1.807) is 11.0 Å². The lowest BCUT2D eigenvalue weighted by Gasteiger charge is -2.31. The van der Waals surface area contributed by atoms with E-state index in [9.17, 15) is 18.0 Å². The van der Waals surface area contributed by atoms with Gasteiger partial charge in [-0.05, 0) is 19.4 Å². The van der Waals surface area contributed by atoms with Crippen molar-refractivity contribution in [1.29, 1.82) is 0 Å². The van der Waals surface area contributed by atoms with E-state index < -0.39 is 18.6 Å². The van der Waals surface area contributed by atoms with Crippen LogP contribution in [0.2, 0.25) is 0 Å². The highest BCUT2D eigenvalue weighted by Gasteiger charge is 2.31. The van der Waals surface area contributed by atoms with Crippen molar-refractivity contribution in [2.45, 2.75) is 25.6 Å². The number of likely N-dealkylation sites (tertiary alicyclic amines) is 1. The number of hydrogen-bond acceptors (Lipinski definition) is 4. The molecular formula is C12H18F3N5O. The number of hydrogen-bond donors (Lipinski definition) is 1. The summed E-state index contributed by atoms with van der Waals surface area (Å²) in [6.45, 7) is 1.42. The number of aromatic nitrogens is 3. The Labute approximate surface area is 120 Å². The molecule has 1 aromatic rings. The van der Waals surface area contributed by atoms with Gasteiger partial charge in [0.05, 0.1) is 12.5 Å². The van der Waals surface area contributed by atoms with Crippen molar-refractivity contribution >= 4 is 5.91 Å². The van der Waals surface area contributed by atoms with E-state index in [0.29, 0.717) is 26.1 Å². The molecule has 1 aromatic heterocycles. The molecule has 0 spiro atoms. The van der Waals surface area contributed by atoms with E-state index >= 15 is 0 Å². The SMILES string of the molecule is O=C(NCC(F)(F)F)[C@H]1CCCN(CCn2cncn2)C1. The van der Waals surface area contributed by atoms with Crippen LogP contribution in [-0.2, 0) is 11.3 Å². The Morgan fingerprint density at radius 1 is 1.38 bits per heavy atom. The van der Waals surface area contributed by atoms with Crippen LogP contribution in [0, 0.1) is 5.92 Å². The molecule has 0 aliphatic carbocycles. The van der Waals surface area contributed by atoms with Crippen molar-refractivity contribution in [2.24, 2.45) is 5.92 Å². The van der Waals surface area contributed by atoms with Crippen LogP contribution < -0.4 is 5.32 Å². The van der Waals surface area contributed by atoms with Crippen LogP contribution in [0.5, 0.6) is 0 Å². The minimum Gasteiger partial charge on any atom is -0.347 e. The average Bonchev–Trinajstić information content (AvgIpc) is 2.95. The van der Waals surface area contributed by atoms with Crippen molar-refractivity contribution in [3.63, 3.8) is 0 Å². The maximum Gasteiger partial charge on any atom is 0.405 e. The number of carbonyl (C=O) groups excluding carboxylic acids is 1. The Morgan fingerprint density at radius 3 is 2.86 bits per heavy atom. The molecule has 21 heavy (non-hydrogen) atoms. The molecule has 1 fully saturated rings. The number of rotatable bonds is 5. The first-order chi connectivity index (χ1) is 9.94. The third kappa shape index (κ3) is 5.33. The highest BCUT2D eigenvalue weighted by Crippen LogP contribution is 2.18. The molecule has 1 aliphatic heterocycles. The molecule has 118 valence electrons.